The summed E-state index contributed by atoms with van der Waals surface area (Å²) in [6.07, 6.45) is 0.502. The molecular formula is C7H13O3+. The van der Waals surface area contributed by atoms with Crippen LogP contribution < -0.4 is 0 Å². The average molecular weight is 145 g/mol. The van der Waals surface area contributed by atoms with Crippen LogP contribution in [0.15, 0.2) is 0 Å². The van der Waals surface area contributed by atoms with E-state index in [1.54, 1.807) is 6.92 Å². The molecule has 0 fully saturated rings. The zero-order valence-electron chi connectivity index (χ0n) is 7.35. The molecule has 0 rings (SSSR count). The Morgan fingerprint density at radius 3 is 2.40 bits per heavy atom. The second-order valence-electron chi connectivity index (χ2n) is 2.01. The molecule has 0 aromatic heterocycles. The van der Waals surface area contributed by atoms with Crippen LogP contribution in [0.5, 0.6) is 0 Å². The zero-order chi connectivity index (χ0) is 7.98. The van der Waals surface area contributed by atoms with Crippen LogP contribution in [0.3, 0.4) is 0 Å². The first-order valence-electron chi connectivity index (χ1n) is 3.32. The quantitative estimate of drug-likeness (QED) is 0.555. The van der Waals surface area contributed by atoms with Gasteiger partial charge in [-0.1, -0.05) is 0 Å². The molecule has 0 aliphatic carbocycles. The Balaban J connectivity index is 0. The van der Waals surface area contributed by atoms with Gasteiger partial charge in [0, 0.05) is 6.42 Å². The van der Waals surface area contributed by atoms with E-state index in [4.69, 9.17) is 0 Å². The van der Waals surface area contributed by atoms with Crippen LogP contribution >= 0.6 is 0 Å². The summed E-state index contributed by atoms with van der Waals surface area (Å²) >= 11 is 0. The second kappa shape index (κ2) is 4.97. The highest BCUT2D eigenvalue weighted by Crippen LogP contribution is 1.92. The topological polar surface area (TPSA) is 43.4 Å². The fraction of sp³-hybridized carbons (Fsp3) is 0.714. The van der Waals surface area contributed by atoms with Crippen LogP contribution in [-0.4, -0.2) is 18.4 Å². The Labute approximate surface area is 61.9 Å². The average Bonchev–Trinajstić information content (AvgIpc) is 1.85. The van der Waals surface area contributed by atoms with Crippen molar-refractivity contribution in [1.29, 1.82) is 0 Å². The van der Waals surface area contributed by atoms with Crippen LogP contribution in [0.25, 0.3) is 0 Å². The molecule has 58 valence electrons. The summed E-state index contributed by atoms with van der Waals surface area (Å²) in [5.41, 5.74) is 0. The molecule has 0 N–H and O–H groups in total. The fourth-order valence-corrected chi connectivity index (χ4v) is 0.511. The van der Waals surface area contributed by atoms with Crippen molar-refractivity contribution in [3.8, 4) is 0 Å². The lowest BCUT2D eigenvalue weighted by molar-refractivity contribution is -0.144. The van der Waals surface area contributed by atoms with Gasteiger partial charge in [-0.05, 0) is 13.8 Å². The number of rotatable bonds is 4. The molecule has 0 unspecified atom stereocenters. The summed E-state index contributed by atoms with van der Waals surface area (Å²) in [6.45, 7) is 3.58. The SMILES string of the molecule is CCOC(=O)CCC(C)=O.[H+]. The molecule has 0 bridgehead atoms. The first-order valence-corrected chi connectivity index (χ1v) is 3.32. The first kappa shape index (κ1) is 9.14. The normalized spacial score (nSPS) is 9.00. The molecule has 10 heavy (non-hydrogen) atoms. The van der Waals surface area contributed by atoms with Crippen LogP contribution in [0.2, 0.25) is 0 Å². The van der Waals surface area contributed by atoms with E-state index in [1.165, 1.54) is 6.92 Å². The van der Waals surface area contributed by atoms with Crippen molar-refractivity contribution in [3.63, 3.8) is 0 Å². The molecular weight excluding hydrogens is 132 g/mol. The van der Waals surface area contributed by atoms with Gasteiger partial charge in [-0.25, -0.2) is 0 Å². The van der Waals surface area contributed by atoms with Crippen LogP contribution in [0.1, 0.15) is 28.1 Å². The van der Waals surface area contributed by atoms with Gasteiger partial charge in [-0.3, -0.25) is 4.79 Å². The van der Waals surface area contributed by atoms with Crippen molar-refractivity contribution in [2.75, 3.05) is 6.61 Å². The molecule has 3 heteroatoms. The summed E-state index contributed by atoms with van der Waals surface area (Å²) in [7, 11) is 0. The molecule has 0 aliphatic rings. The number of carbonyl (C=O) groups is 2. The highest BCUT2D eigenvalue weighted by Gasteiger charge is 2.02. The zero-order valence-corrected chi connectivity index (χ0v) is 6.35. The molecule has 0 saturated carbocycles. The fourth-order valence-electron chi connectivity index (χ4n) is 0.511. The van der Waals surface area contributed by atoms with Gasteiger partial charge in [-0.15, -0.1) is 0 Å². The van der Waals surface area contributed by atoms with E-state index in [-0.39, 0.29) is 19.6 Å². The minimum absolute atomic E-state index is 0. The van der Waals surface area contributed by atoms with Crippen molar-refractivity contribution in [2.24, 2.45) is 0 Å². The van der Waals surface area contributed by atoms with Crippen molar-refractivity contribution in [3.05, 3.63) is 0 Å². The molecule has 0 radical (unpaired) electrons. The third-order valence-electron chi connectivity index (χ3n) is 0.987. The van der Waals surface area contributed by atoms with E-state index in [0.717, 1.165) is 0 Å². The van der Waals surface area contributed by atoms with Crippen LogP contribution in [0, 0.1) is 0 Å². The standard InChI is InChI=1S/C7H12O3/c1-3-10-7(9)5-4-6(2)8/h3-5H2,1-2H3/p+1. The maximum atomic E-state index is 10.6. The number of hydrogen-bond acceptors (Lipinski definition) is 3. The minimum atomic E-state index is -0.294. The van der Waals surface area contributed by atoms with E-state index in [1.807, 2.05) is 0 Å². The number of esters is 1. The summed E-state index contributed by atoms with van der Waals surface area (Å²) in [5, 5.41) is 0. The first-order chi connectivity index (χ1) is 4.66. The Morgan fingerprint density at radius 2 is 2.00 bits per heavy atom. The van der Waals surface area contributed by atoms with Gasteiger partial charge >= 0.3 is 7.40 Å². The highest BCUT2D eigenvalue weighted by molar-refractivity contribution is 5.80. The van der Waals surface area contributed by atoms with Crippen molar-refractivity contribution < 1.29 is 15.8 Å². The third-order valence-corrected chi connectivity index (χ3v) is 0.987. The van der Waals surface area contributed by atoms with Crippen molar-refractivity contribution in [1.82, 2.24) is 0 Å². The second-order valence-corrected chi connectivity index (χ2v) is 2.01. The molecule has 0 aromatic carbocycles. The molecule has 0 heterocycles. The molecule has 0 saturated heterocycles. The van der Waals surface area contributed by atoms with E-state index in [0.29, 0.717) is 13.0 Å². The van der Waals surface area contributed by atoms with E-state index >= 15 is 0 Å². The molecule has 0 spiro atoms. The summed E-state index contributed by atoms with van der Waals surface area (Å²) in [5.74, 6) is -0.272. The maximum absolute atomic E-state index is 10.6. The summed E-state index contributed by atoms with van der Waals surface area (Å²) in [6, 6.07) is 0. The van der Waals surface area contributed by atoms with Gasteiger partial charge < -0.3 is 9.53 Å². The Kier molecular flexibility index (Phi) is 4.54. The lowest BCUT2D eigenvalue weighted by atomic mass is 10.2. The molecule has 0 aliphatic heterocycles. The maximum Gasteiger partial charge on any atom is 1.00 e. The number of ketones is 1. The van der Waals surface area contributed by atoms with Gasteiger partial charge in [0.1, 0.15) is 5.78 Å². The minimum Gasteiger partial charge on any atom is -0.466 e. The molecule has 0 atom stereocenters. The monoisotopic (exact) mass is 145 g/mol. The lowest BCUT2D eigenvalue weighted by Crippen LogP contribution is -2.05. The number of hydrogen-bond donors (Lipinski definition) is 0. The van der Waals surface area contributed by atoms with Gasteiger partial charge in [0.2, 0.25) is 0 Å². The molecule has 0 aromatic rings. The number of ether oxygens (including phenoxy) is 1. The third kappa shape index (κ3) is 5.28. The van der Waals surface area contributed by atoms with E-state index in [2.05, 4.69) is 4.74 Å². The van der Waals surface area contributed by atoms with E-state index < -0.39 is 0 Å². The highest BCUT2D eigenvalue weighted by atomic mass is 16.5. The molecule has 3 nitrogen and oxygen atoms in total. The van der Waals surface area contributed by atoms with Gasteiger partial charge in [0.15, 0.2) is 0 Å². The summed E-state index contributed by atoms with van der Waals surface area (Å²) < 4.78 is 4.60. The largest absolute Gasteiger partial charge is 1.00 e. The van der Waals surface area contributed by atoms with Gasteiger partial charge in [-0.2, -0.15) is 0 Å². The predicted molar refractivity (Wildman–Crippen MR) is 37.7 cm³/mol. The predicted octanol–water partition coefficient (Wildman–Crippen LogP) is 1.03. The Bertz CT molecular complexity index is 134. The summed E-state index contributed by atoms with van der Waals surface area (Å²) in [4.78, 5) is 20.9. The van der Waals surface area contributed by atoms with Crippen LogP contribution in [0.4, 0.5) is 0 Å². The number of carbonyl (C=O) groups excluding carboxylic acids is 2. The van der Waals surface area contributed by atoms with Crippen LogP contribution in [-0.2, 0) is 14.3 Å². The van der Waals surface area contributed by atoms with Crippen molar-refractivity contribution in [2.45, 2.75) is 26.7 Å². The van der Waals surface area contributed by atoms with Gasteiger partial charge in [0.05, 0.1) is 13.0 Å². The van der Waals surface area contributed by atoms with E-state index in [9.17, 15) is 9.59 Å². The smallest absolute Gasteiger partial charge is 0.466 e. The number of Topliss-reactive ketones (excluding diaryl/α,β-unsaturated/α-hetero) is 1. The molecule has 0 amide bonds. The Hall–Kier alpha value is -0.860. The van der Waals surface area contributed by atoms with Crippen molar-refractivity contribution >= 4 is 11.8 Å². The lowest BCUT2D eigenvalue weighted by Gasteiger charge is -1.97. The Morgan fingerprint density at radius 1 is 1.40 bits per heavy atom. The van der Waals surface area contributed by atoms with Gasteiger partial charge in [0.25, 0.3) is 0 Å².